The van der Waals surface area contributed by atoms with E-state index in [1.54, 1.807) is 4.90 Å². The molecule has 0 saturated carbocycles. The van der Waals surface area contributed by atoms with Gasteiger partial charge in [0, 0.05) is 38.8 Å². The largest absolute Gasteiger partial charge is 0.381 e. The van der Waals surface area contributed by atoms with Crippen LogP contribution in [0.2, 0.25) is 0 Å². The van der Waals surface area contributed by atoms with Crippen LogP contribution in [0.3, 0.4) is 0 Å². The van der Waals surface area contributed by atoms with Gasteiger partial charge in [0.05, 0.1) is 0 Å². The highest BCUT2D eigenvalue weighted by atomic mass is 16.5. The van der Waals surface area contributed by atoms with Crippen LogP contribution in [-0.4, -0.2) is 43.7 Å². The van der Waals surface area contributed by atoms with E-state index in [-0.39, 0.29) is 17.9 Å². The van der Waals surface area contributed by atoms with Crippen LogP contribution in [0.4, 0.5) is 0 Å². The first-order valence-electron chi connectivity index (χ1n) is 5.69. The molecule has 1 aliphatic heterocycles. The number of hydrogen-bond donors (Lipinski definition) is 1. The van der Waals surface area contributed by atoms with E-state index in [0.29, 0.717) is 0 Å². The summed E-state index contributed by atoms with van der Waals surface area (Å²) in [5.41, 5.74) is 5.66. The standard InChI is InChI=1S/C11H22N2O2/c1-9(12)3-6-13(2)11(14)10-4-7-15-8-5-10/h9-10H,3-8,12H2,1-2H3. The van der Waals surface area contributed by atoms with Crippen LogP contribution >= 0.6 is 0 Å². The zero-order chi connectivity index (χ0) is 11.3. The summed E-state index contributed by atoms with van der Waals surface area (Å²) in [7, 11) is 1.86. The lowest BCUT2D eigenvalue weighted by Gasteiger charge is -2.26. The number of nitrogens with zero attached hydrogens (tertiary/aromatic N) is 1. The smallest absolute Gasteiger partial charge is 0.225 e. The number of nitrogens with two attached hydrogens (primary N) is 1. The van der Waals surface area contributed by atoms with Crippen molar-refractivity contribution >= 4 is 5.91 Å². The molecule has 88 valence electrons. The second-order valence-corrected chi connectivity index (χ2v) is 4.41. The molecule has 1 heterocycles. The molecule has 0 spiro atoms. The summed E-state index contributed by atoms with van der Waals surface area (Å²) < 4.78 is 5.24. The first-order chi connectivity index (χ1) is 7.11. The molecule has 1 rings (SSSR count). The Morgan fingerprint density at radius 3 is 2.67 bits per heavy atom. The number of carbonyl (C=O) groups is 1. The van der Waals surface area contributed by atoms with E-state index in [0.717, 1.165) is 39.0 Å². The molecule has 0 aliphatic carbocycles. The fraction of sp³-hybridized carbons (Fsp3) is 0.909. The van der Waals surface area contributed by atoms with Gasteiger partial charge in [0.1, 0.15) is 0 Å². The summed E-state index contributed by atoms with van der Waals surface area (Å²) in [6.07, 6.45) is 2.59. The van der Waals surface area contributed by atoms with E-state index in [1.165, 1.54) is 0 Å². The minimum Gasteiger partial charge on any atom is -0.381 e. The van der Waals surface area contributed by atoms with Crippen molar-refractivity contribution in [2.45, 2.75) is 32.2 Å². The number of rotatable bonds is 4. The average Bonchev–Trinajstić information content (AvgIpc) is 2.26. The maximum Gasteiger partial charge on any atom is 0.225 e. The minimum absolute atomic E-state index is 0.162. The molecular weight excluding hydrogens is 192 g/mol. The van der Waals surface area contributed by atoms with E-state index in [2.05, 4.69) is 0 Å². The van der Waals surface area contributed by atoms with E-state index >= 15 is 0 Å². The zero-order valence-electron chi connectivity index (χ0n) is 9.74. The van der Waals surface area contributed by atoms with Gasteiger partial charge in [-0.05, 0) is 26.2 Å². The fourth-order valence-corrected chi connectivity index (χ4v) is 1.76. The molecule has 0 aromatic heterocycles. The average molecular weight is 214 g/mol. The maximum absolute atomic E-state index is 11.9. The highest BCUT2D eigenvalue weighted by Crippen LogP contribution is 2.17. The van der Waals surface area contributed by atoms with Gasteiger partial charge >= 0.3 is 0 Å². The van der Waals surface area contributed by atoms with Crippen LogP contribution in [0.1, 0.15) is 26.2 Å². The van der Waals surface area contributed by atoms with Crippen LogP contribution in [-0.2, 0) is 9.53 Å². The van der Waals surface area contributed by atoms with E-state index in [1.807, 2.05) is 14.0 Å². The molecular formula is C11H22N2O2. The molecule has 0 bridgehead atoms. The highest BCUT2D eigenvalue weighted by molar-refractivity contribution is 5.78. The van der Waals surface area contributed by atoms with Gasteiger partial charge in [0.25, 0.3) is 0 Å². The second-order valence-electron chi connectivity index (χ2n) is 4.41. The predicted molar refractivity (Wildman–Crippen MR) is 59.4 cm³/mol. The Morgan fingerprint density at radius 2 is 2.13 bits per heavy atom. The van der Waals surface area contributed by atoms with E-state index < -0.39 is 0 Å². The maximum atomic E-state index is 11.9. The van der Waals surface area contributed by atoms with Gasteiger partial charge in [0.2, 0.25) is 5.91 Å². The molecule has 1 amide bonds. The Kier molecular flexibility index (Phi) is 5.05. The van der Waals surface area contributed by atoms with Gasteiger partial charge < -0.3 is 15.4 Å². The molecule has 0 radical (unpaired) electrons. The van der Waals surface area contributed by atoms with Crippen molar-refractivity contribution in [2.24, 2.45) is 11.7 Å². The molecule has 1 fully saturated rings. The quantitative estimate of drug-likeness (QED) is 0.746. The van der Waals surface area contributed by atoms with Crippen LogP contribution in [0, 0.1) is 5.92 Å². The van der Waals surface area contributed by atoms with Crippen molar-refractivity contribution in [3.63, 3.8) is 0 Å². The lowest BCUT2D eigenvalue weighted by Crippen LogP contribution is -2.37. The van der Waals surface area contributed by atoms with E-state index in [9.17, 15) is 4.79 Å². The van der Waals surface area contributed by atoms with Crippen LogP contribution in [0.25, 0.3) is 0 Å². The van der Waals surface area contributed by atoms with Crippen LogP contribution in [0.5, 0.6) is 0 Å². The molecule has 1 aliphatic rings. The van der Waals surface area contributed by atoms with Gasteiger partial charge in [-0.3, -0.25) is 4.79 Å². The Morgan fingerprint density at radius 1 is 1.53 bits per heavy atom. The Labute approximate surface area is 91.8 Å². The predicted octanol–water partition coefficient (Wildman–Crippen LogP) is 0.609. The Balaban J connectivity index is 2.30. The van der Waals surface area contributed by atoms with Crippen molar-refractivity contribution < 1.29 is 9.53 Å². The number of carbonyl (C=O) groups excluding carboxylic acids is 1. The summed E-state index contributed by atoms with van der Waals surface area (Å²) in [5.74, 6) is 0.413. The van der Waals surface area contributed by atoms with Crippen LogP contribution in [0.15, 0.2) is 0 Å². The third kappa shape index (κ3) is 4.18. The van der Waals surface area contributed by atoms with Gasteiger partial charge in [-0.2, -0.15) is 0 Å². The summed E-state index contributed by atoms with van der Waals surface area (Å²) in [4.78, 5) is 13.7. The summed E-state index contributed by atoms with van der Waals surface area (Å²) in [5, 5.41) is 0. The zero-order valence-corrected chi connectivity index (χ0v) is 9.74. The Hall–Kier alpha value is -0.610. The molecule has 4 heteroatoms. The molecule has 1 atom stereocenters. The minimum atomic E-state index is 0.162. The third-order valence-corrected chi connectivity index (χ3v) is 2.87. The molecule has 4 nitrogen and oxygen atoms in total. The summed E-state index contributed by atoms with van der Waals surface area (Å²) in [6.45, 7) is 4.16. The number of ether oxygens (including phenoxy) is 1. The lowest BCUT2D eigenvalue weighted by atomic mass is 9.99. The first-order valence-corrected chi connectivity index (χ1v) is 5.69. The fourth-order valence-electron chi connectivity index (χ4n) is 1.76. The van der Waals surface area contributed by atoms with Gasteiger partial charge in [0.15, 0.2) is 0 Å². The molecule has 2 N–H and O–H groups in total. The Bertz CT molecular complexity index is 201. The van der Waals surface area contributed by atoms with E-state index in [4.69, 9.17) is 10.5 Å². The van der Waals surface area contributed by atoms with Crippen molar-refractivity contribution in [3.8, 4) is 0 Å². The molecule has 1 saturated heterocycles. The lowest BCUT2D eigenvalue weighted by molar-refractivity contribution is -0.137. The molecule has 15 heavy (non-hydrogen) atoms. The monoisotopic (exact) mass is 214 g/mol. The molecule has 0 aromatic rings. The topological polar surface area (TPSA) is 55.6 Å². The number of hydrogen-bond acceptors (Lipinski definition) is 3. The number of amides is 1. The first kappa shape index (κ1) is 12.5. The van der Waals surface area contributed by atoms with Crippen molar-refractivity contribution in [1.29, 1.82) is 0 Å². The van der Waals surface area contributed by atoms with Gasteiger partial charge in [-0.25, -0.2) is 0 Å². The van der Waals surface area contributed by atoms with Crippen LogP contribution < -0.4 is 5.73 Å². The summed E-state index contributed by atoms with van der Waals surface area (Å²) in [6, 6.07) is 0.162. The molecule has 0 aromatic carbocycles. The third-order valence-electron chi connectivity index (χ3n) is 2.87. The highest BCUT2D eigenvalue weighted by Gasteiger charge is 2.24. The summed E-state index contributed by atoms with van der Waals surface area (Å²) >= 11 is 0. The normalized spacial score (nSPS) is 19.9. The van der Waals surface area contributed by atoms with Crippen molar-refractivity contribution in [2.75, 3.05) is 26.8 Å². The SMILES string of the molecule is CC(N)CCN(C)C(=O)C1CCOCC1. The van der Waals surface area contributed by atoms with Gasteiger partial charge in [-0.15, -0.1) is 0 Å². The van der Waals surface area contributed by atoms with Crippen molar-refractivity contribution in [3.05, 3.63) is 0 Å². The molecule has 1 unspecified atom stereocenters. The van der Waals surface area contributed by atoms with Crippen molar-refractivity contribution in [1.82, 2.24) is 4.90 Å². The van der Waals surface area contributed by atoms with Gasteiger partial charge in [-0.1, -0.05) is 0 Å². The second kappa shape index (κ2) is 6.08.